The number of H-pyrrole nitrogens is 1. The molecule has 19 heavy (non-hydrogen) atoms. The quantitative estimate of drug-likeness (QED) is 0.771. The summed E-state index contributed by atoms with van der Waals surface area (Å²) in [7, 11) is 1.82. The number of aromatic nitrogens is 2. The molecule has 1 heterocycles. The van der Waals surface area contributed by atoms with Crippen molar-refractivity contribution in [1.82, 2.24) is 15.3 Å². The second-order valence-corrected chi connectivity index (χ2v) is 4.43. The van der Waals surface area contributed by atoms with Gasteiger partial charge in [0.15, 0.2) is 0 Å². The Morgan fingerprint density at radius 3 is 2.84 bits per heavy atom. The Morgan fingerprint density at radius 2 is 2.21 bits per heavy atom. The summed E-state index contributed by atoms with van der Waals surface area (Å²) in [5.74, 6) is 0.258. The second-order valence-electron chi connectivity index (χ2n) is 4.43. The summed E-state index contributed by atoms with van der Waals surface area (Å²) in [6.45, 7) is 2.62. The Kier molecular flexibility index (Phi) is 3.97. The van der Waals surface area contributed by atoms with Crippen LogP contribution in [0, 0.1) is 6.92 Å². The van der Waals surface area contributed by atoms with Crippen molar-refractivity contribution in [2.75, 3.05) is 13.6 Å². The maximum atomic E-state index is 12.1. The van der Waals surface area contributed by atoms with E-state index < -0.39 is 0 Å². The van der Waals surface area contributed by atoms with Gasteiger partial charge in [-0.1, -0.05) is 29.8 Å². The average Bonchev–Trinajstić information content (AvgIpc) is 2.35. The van der Waals surface area contributed by atoms with Crippen LogP contribution in [0.2, 0.25) is 0 Å². The Morgan fingerprint density at radius 1 is 1.42 bits per heavy atom. The predicted molar refractivity (Wildman–Crippen MR) is 74.3 cm³/mol. The highest BCUT2D eigenvalue weighted by atomic mass is 16.3. The normalized spacial score (nSPS) is 10.6. The van der Waals surface area contributed by atoms with E-state index in [-0.39, 0.29) is 17.0 Å². The van der Waals surface area contributed by atoms with Crippen LogP contribution in [-0.2, 0) is 6.42 Å². The minimum absolute atomic E-state index is 0.219. The highest BCUT2D eigenvalue weighted by molar-refractivity contribution is 5.67. The summed E-state index contributed by atoms with van der Waals surface area (Å²) in [5, 5.41) is 12.9. The summed E-state index contributed by atoms with van der Waals surface area (Å²) in [6.07, 6.45) is 0.563. The molecule has 2 aromatic rings. The van der Waals surface area contributed by atoms with E-state index in [9.17, 15) is 9.90 Å². The molecule has 5 nitrogen and oxygen atoms in total. The van der Waals surface area contributed by atoms with E-state index in [0.29, 0.717) is 24.4 Å². The fourth-order valence-corrected chi connectivity index (χ4v) is 1.93. The van der Waals surface area contributed by atoms with Gasteiger partial charge in [-0.25, -0.2) is 0 Å². The summed E-state index contributed by atoms with van der Waals surface area (Å²) >= 11 is 0. The molecule has 0 aliphatic heterocycles. The van der Waals surface area contributed by atoms with Crippen LogP contribution >= 0.6 is 0 Å². The van der Waals surface area contributed by atoms with Gasteiger partial charge in [0, 0.05) is 13.0 Å². The Bertz CT molecular complexity index is 635. The highest BCUT2D eigenvalue weighted by Crippen LogP contribution is 2.23. The van der Waals surface area contributed by atoms with E-state index >= 15 is 0 Å². The van der Waals surface area contributed by atoms with Gasteiger partial charge in [-0.3, -0.25) is 4.79 Å². The first-order valence-electron chi connectivity index (χ1n) is 6.15. The molecule has 0 radical (unpaired) electrons. The van der Waals surface area contributed by atoms with Crippen LogP contribution in [0.25, 0.3) is 11.1 Å². The lowest BCUT2D eigenvalue weighted by molar-refractivity contribution is 0.449. The highest BCUT2D eigenvalue weighted by Gasteiger charge is 2.12. The van der Waals surface area contributed by atoms with E-state index in [4.69, 9.17) is 0 Å². The molecule has 100 valence electrons. The maximum Gasteiger partial charge on any atom is 0.262 e. The minimum atomic E-state index is -0.316. The largest absolute Gasteiger partial charge is 0.493 e. The van der Waals surface area contributed by atoms with Crippen molar-refractivity contribution < 1.29 is 5.11 Å². The fourth-order valence-electron chi connectivity index (χ4n) is 1.93. The number of aromatic amines is 1. The monoisotopic (exact) mass is 259 g/mol. The third kappa shape index (κ3) is 3.00. The Balaban J connectivity index is 2.45. The third-order valence-electron chi connectivity index (χ3n) is 2.87. The van der Waals surface area contributed by atoms with E-state index in [1.54, 1.807) is 6.07 Å². The van der Waals surface area contributed by atoms with E-state index in [2.05, 4.69) is 15.3 Å². The molecule has 1 aromatic carbocycles. The summed E-state index contributed by atoms with van der Waals surface area (Å²) < 4.78 is 0. The molecular formula is C14H17N3O2. The molecule has 3 N–H and O–H groups in total. The smallest absolute Gasteiger partial charge is 0.262 e. The lowest BCUT2D eigenvalue weighted by Crippen LogP contribution is -2.18. The van der Waals surface area contributed by atoms with E-state index in [1.165, 1.54) is 0 Å². The molecule has 0 unspecified atom stereocenters. The molecule has 2 rings (SSSR count). The molecule has 0 spiro atoms. The van der Waals surface area contributed by atoms with Gasteiger partial charge in [0.1, 0.15) is 11.4 Å². The number of nitrogens with one attached hydrogen (secondary N) is 2. The van der Waals surface area contributed by atoms with Crippen molar-refractivity contribution in [3.05, 3.63) is 46.0 Å². The Labute approximate surface area is 111 Å². The van der Waals surface area contributed by atoms with Crippen molar-refractivity contribution in [2.45, 2.75) is 13.3 Å². The number of benzene rings is 1. The van der Waals surface area contributed by atoms with E-state index in [1.807, 2.05) is 32.2 Å². The fraction of sp³-hybridized carbons (Fsp3) is 0.286. The number of aryl methyl sites for hydroxylation is 1. The molecule has 0 aliphatic carbocycles. The van der Waals surface area contributed by atoms with Crippen molar-refractivity contribution in [3.8, 4) is 17.0 Å². The molecule has 1 aromatic heterocycles. The van der Waals surface area contributed by atoms with E-state index in [0.717, 1.165) is 5.56 Å². The summed E-state index contributed by atoms with van der Waals surface area (Å²) in [6, 6.07) is 7.41. The molecule has 0 saturated carbocycles. The number of rotatable bonds is 4. The summed E-state index contributed by atoms with van der Waals surface area (Å²) in [4.78, 5) is 18.8. The number of nitrogens with zero attached hydrogens (tertiary/aromatic N) is 1. The molecule has 0 aliphatic rings. The number of hydrogen-bond donors (Lipinski definition) is 3. The van der Waals surface area contributed by atoms with Crippen LogP contribution in [0.15, 0.2) is 29.1 Å². The van der Waals surface area contributed by atoms with Gasteiger partial charge in [-0.15, -0.1) is 0 Å². The zero-order chi connectivity index (χ0) is 13.8. The Hall–Kier alpha value is -2.14. The first-order valence-corrected chi connectivity index (χ1v) is 6.15. The standard InChI is InChI=1S/C14H17N3O2/c1-9-4-3-5-10(8-9)12-13(18)16-11(6-7-15-2)17-14(12)19/h3-5,8,15H,6-7H2,1-2H3,(H2,16,17,18,19). The minimum Gasteiger partial charge on any atom is -0.493 e. The van der Waals surface area contributed by atoms with Crippen LogP contribution < -0.4 is 10.9 Å². The van der Waals surface area contributed by atoms with Gasteiger partial charge >= 0.3 is 0 Å². The number of hydrogen-bond acceptors (Lipinski definition) is 4. The lowest BCUT2D eigenvalue weighted by atomic mass is 10.1. The second kappa shape index (κ2) is 5.67. The molecule has 0 atom stereocenters. The predicted octanol–water partition coefficient (Wildman–Crippen LogP) is 1.21. The van der Waals surface area contributed by atoms with Crippen LogP contribution in [0.1, 0.15) is 11.4 Å². The van der Waals surface area contributed by atoms with Gasteiger partial charge < -0.3 is 15.4 Å². The van der Waals surface area contributed by atoms with Gasteiger partial charge in [0.2, 0.25) is 5.88 Å². The summed E-state index contributed by atoms with van der Waals surface area (Å²) in [5.41, 5.74) is 1.60. The van der Waals surface area contributed by atoms with Gasteiger partial charge in [0.25, 0.3) is 5.56 Å². The molecule has 0 fully saturated rings. The van der Waals surface area contributed by atoms with Crippen LogP contribution in [-0.4, -0.2) is 28.7 Å². The lowest BCUT2D eigenvalue weighted by Gasteiger charge is -2.06. The van der Waals surface area contributed by atoms with Crippen molar-refractivity contribution in [3.63, 3.8) is 0 Å². The van der Waals surface area contributed by atoms with Crippen LogP contribution in [0.3, 0.4) is 0 Å². The van der Waals surface area contributed by atoms with Gasteiger partial charge in [-0.2, -0.15) is 4.98 Å². The first-order chi connectivity index (χ1) is 9.11. The molecule has 0 amide bonds. The molecular weight excluding hydrogens is 242 g/mol. The number of aromatic hydroxyl groups is 1. The zero-order valence-corrected chi connectivity index (χ0v) is 11.0. The van der Waals surface area contributed by atoms with Crippen molar-refractivity contribution >= 4 is 0 Å². The zero-order valence-electron chi connectivity index (χ0n) is 11.0. The van der Waals surface area contributed by atoms with Crippen molar-refractivity contribution in [2.24, 2.45) is 0 Å². The first kappa shape index (κ1) is 13.3. The average molecular weight is 259 g/mol. The van der Waals surface area contributed by atoms with Gasteiger partial charge in [-0.05, 0) is 19.5 Å². The van der Waals surface area contributed by atoms with Crippen LogP contribution in [0.5, 0.6) is 5.88 Å². The molecule has 0 saturated heterocycles. The molecule has 0 bridgehead atoms. The third-order valence-corrected chi connectivity index (χ3v) is 2.87. The van der Waals surface area contributed by atoms with Gasteiger partial charge in [0.05, 0.1) is 0 Å². The molecule has 5 heteroatoms. The maximum absolute atomic E-state index is 12.1. The number of likely N-dealkylation sites (N-methyl/N-ethyl adjacent to an activating group) is 1. The van der Waals surface area contributed by atoms with Crippen LogP contribution in [0.4, 0.5) is 0 Å². The SMILES string of the molecule is CNCCc1nc(O)c(-c2cccc(C)c2)c(=O)[nH]1. The topological polar surface area (TPSA) is 78.0 Å². The van der Waals surface area contributed by atoms with Crippen molar-refractivity contribution in [1.29, 1.82) is 0 Å².